The van der Waals surface area contributed by atoms with Crippen molar-refractivity contribution in [2.45, 2.75) is 5.51 Å². The van der Waals surface area contributed by atoms with Crippen molar-refractivity contribution < 1.29 is 30.2 Å². The summed E-state index contributed by atoms with van der Waals surface area (Å²) in [6.07, 6.45) is 0. The Kier molecular flexibility index (Phi) is 7.88. The fourth-order valence-corrected chi connectivity index (χ4v) is 6.87. The maximum atomic E-state index is 13.8. The van der Waals surface area contributed by atoms with Gasteiger partial charge in [0.05, 0.1) is 16.8 Å². The van der Waals surface area contributed by atoms with Gasteiger partial charge in [0.15, 0.2) is 16.9 Å². The van der Waals surface area contributed by atoms with E-state index in [9.17, 15) is 21.6 Å². The van der Waals surface area contributed by atoms with Gasteiger partial charge in [0.25, 0.3) is 0 Å². The van der Waals surface area contributed by atoms with Crippen LogP contribution in [0.5, 0.6) is 5.75 Å². The van der Waals surface area contributed by atoms with Gasteiger partial charge in [-0.15, -0.1) is 0 Å². The largest absolute Gasteiger partial charge is 0.534 e. The molecule has 0 unspecified atom stereocenters. The van der Waals surface area contributed by atoms with E-state index in [1.54, 1.807) is 6.07 Å². The summed E-state index contributed by atoms with van der Waals surface area (Å²) in [6.45, 7) is 0. The van der Waals surface area contributed by atoms with Crippen LogP contribution in [0.25, 0.3) is 32.7 Å². The third kappa shape index (κ3) is 5.69. The molecule has 0 atom stereocenters. The van der Waals surface area contributed by atoms with Gasteiger partial charge < -0.3 is 18.4 Å². The molecular weight excluding hydrogens is 674 g/mol. The molecule has 0 aliphatic carbocycles. The van der Waals surface area contributed by atoms with Gasteiger partial charge in [-0.25, -0.2) is 0 Å². The van der Waals surface area contributed by atoms with Crippen molar-refractivity contribution in [1.82, 2.24) is 0 Å². The Morgan fingerprint density at radius 1 is 0.510 bits per heavy atom. The molecule has 0 saturated heterocycles. The van der Waals surface area contributed by atoms with E-state index in [1.165, 1.54) is 6.07 Å². The highest BCUT2D eigenvalue weighted by Crippen LogP contribution is 2.51. The van der Waals surface area contributed by atoms with Crippen LogP contribution in [0.4, 0.5) is 47.3 Å². The van der Waals surface area contributed by atoms with Gasteiger partial charge in [0.2, 0.25) is 0 Å². The molecular formula is C41H27F3N2O4S. The Hall–Kier alpha value is -6.26. The monoisotopic (exact) mass is 700 g/mol. The highest BCUT2D eigenvalue weighted by Gasteiger charge is 2.49. The van der Waals surface area contributed by atoms with E-state index in [1.807, 2.05) is 161 Å². The van der Waals surface area contributed by atoms with Crippen LogP contribution < -0.4 is 14.0 Å². The van der Waals surface area contributed by atoms with Crippen molar-refractivity contribution in [3.63, 3.8) is 0 Å². The molecule has 0 aliphatic rings. The molecule has 0 bridgehead atoms. The maximum absolute atomic E-state index is 13.8. The van der Waals surface area contributed by atoms with Crippen LogP contribution in [0.3, 0.4) is 0 Å². The van der Waals surface area contributed by atoms with Gasteiger partial charge >= 0.3 is 15.6 Å². The van der Waals surface area contributed by atoms with Crippen molar-refractivity contribution in [2.24, 2.45) is 0 Å². The van der Waals surface area contributed by atoms with Crippen molar-refractivity contribution in [3.8, 4) is 5.75 Å². The zero-order valence-electron chi connectivity index (χ0n) is 26.7. The predicted octanol–water partition coefficient (Wildman–Crippen LogP) is 11.9. The average Bonchev–Trinajstić information content (AvgIpc) is 3.56. The maximum Gasteiger partial charge on any atom is 0.534 e. The second kappa shape index (κ2) is 12.6. The Bertz CT molecular complexity index is 2540. The van der Waals surface area contributed by atoms with Gasteiger partial charge in [-0.2, -0.15) is 21.6 Å². The van der Waals surface area contributed by atoms with Gasteiger partial charge in [-0.1, -0.05) is 97.1 Å². The highest BCUT2D eigenvalue weighted by molar-refractivity contribution is 7.88. The Morgan fingerprint density at radius 3 is 1.45 bits per heavy atom. The van der Waals surface area contributed by atoms with Gasteiger partial charge in [0, 0.05) is 28.1 Å². The molecule has 7 aromatic carbocycles. The smallest absolute Gasteiger partial charge is 0.450 e. The van der Waals surface area contributed by atoms with Gasteiger partial charge in [-0.05, 0) is 77.5 Å². The van der Waals surface area contributed by atoms with E-state index in [0.717, 1.165) is 33.5 Å². The van der Waals surface area contributed by atoms with Gasteiger partial charge in [0.1, 0.15) is 0 Å². The zero-order valence-corrected chi connectivity index (χ0v) is 27.5. The van der Waals surface area contributed by atoms with Crippen LogP contribution in [0.2, 0.25) is 0 Å². The van der Waals surface area contributed by atoms with Gasteiger partial charge in [-0.3, -0.25) is 0 Å². The molecule has 8 rings (SSSR count). The van der Waals surface area contributed by atoms with Crippen LogP contribution in [0.15, 0.2) is 168 Å². The second-order valence-corrected chi connectivity index (χ2v) is 13.2. The van der Waals surface area contributed by atoms with Crippen molar-refractivity contribution in [3.05, 3.63) is 164 Å². The molecule has 0 N–H and O–H groups in total. The number of alkyl halides is 3. The molecule has 1 aromatic heterocycles. The molecule has 0 radical (unpaired) electrons. The summed E-state index contributed by atoms with van der Waals surface area (Å²) < 4.78 is 77.8. The predicted molar refractivity (Wildman–Crippen MR) is 196 cm³/mol. The molecule has 6 nitrogen and oxygen atoms in total. The van der Waals surface area contributed by atoms with Crippen LogP contribution in [-0.4, -0.2) is 13.9 Å². The third-order valence-electron chi connectivity index (χ3n) is 8.56. The fourth-order valence-electron chi connectivity index (χ4n) is 6.41. The normalized spacial score (nSPS) is 12.0. The minimum Gasteiger partial charge on any atom is -0.450 e. The number of rotatable bonds is 8. The first kappa shape index (κ1) is 32.0. The van der Waals surface area contributed by atoms with E-state index < -0.39 is 21.4 Å². The molecule has 0 saturated carbocycles. The van der Waals surface area contributed by atoms with Crippen molar-refractivity contribution in [2.75, 3.05) is 9.80 Å². The molecule has 1 heterocycles. The lowest BCUT2D eigenvalue weighted by Gasteiger charge is -2.27. The topological polar surface area (TPSA) is 63.0 Å². The number of hydrogen-bond donors (Lipinski definition) is 0. The Balaban J connectivity index is 1.54. The minimum atomic E-state index is -6.06. The standard InChI is InChI=1S/C41H27F3N2O4S/c42-41(43,44)51(47,48)50-36-26-25-34(45(29-16-5-1-6-17-29)30-18-7-2-8-19-30)38-37-33-24-14-13-15-28(33)27-35(39(37)49-40(36)38)46(31-20-9-3-10-21-31)32-22-11-4-12-23-32/h1-27H. The second-order valence-electron chi connectivity index (χ2n) is 11.7. The number of nitrogens with zero attached hydrogens (tertiary/aromatic N) is 2. The quantitative estimate of drug-likeness (QED) is 0.116. The van der Waals surface area contributed by atoms with E-state index in [4.69, 9.17) is 8.60 Å². The highest BCUT2D eigenvalue weighted by atomic mass is 32.2. The first-order valence-corrected chi connectivity index (χ1v) is 17.3. The third-order valence-corrected chi connectivity index (χ3v) is 9.52. The summed E-state index contributed by atoms with van der Waals surface area (Å²) in [4.78, 5) is 3.95. The first-order chi connectivity index (χ1) is 24.7. The lowest BCUT2D eigenvalue weighted by atomic mass is 9.99. The van der Waals surface area contributed by atoms with Crippen LogP contribution in [0.1, 0.15) is 0 Å². The molecule has 0 amide bonds. The van der Waals surface area contributed by atoms with E-state index >= 15 is 0 Å². The summed E-state index contributed by atoms with van der Waals surface area (Å²) in [6, 6.07) is 50.5. The van der Waals surface area contributed by atoms with E-state index in [2.05, 4.69) is 0 Å². The van der Waals surface area contributed by atoms with E-state index in [-0.39, 0.29) is 5.58 Å². The minimum absolute atomic E-state index is 0.161. The molecule has 0 fully saturated rings. The summed E-state index contributed by atoms with van der Waals surface area (Å²) in [7, 11) is -6.06. The number of anilines is 6. The van der Waals surface area contributed by atoms with Crippen molar-refractivity contribution in [1.29, 1.82) is 0 Å². The number of halogens is 3. The summed E-state index contributed by atoms with van der Waals surface area (Å²) >= 11 is 0. The molecule has 0 aliphatic heterocycles. The number of benzene rings is 7. The van der Waals surface area contributed by atoms with Crippen LogP contribution in [-0.2, 0) is 10.1 Å². The fraction of sp³-hybridized carbons (Fsp3) is 0.0244. The Labute approximate surface area is 291 Å². The summed E-state index contributed by atoms with van der Waals surface area (Å²) in [5, 5.41) is 2.50. The molecule has 51 heavy (non-hydrogen) atoms. The number of furan rings is 1. The van der Waals surface area contributed by atoms with Crippen LogP contribution in [0, 0.1) is 0 Å². The molecule has 8 aromatic rings. The molecule has 10 heteroatoms. The summed E-state index contributed by atoms with van der Waals surface area (Å²) in [5.41, 5.74) is -1.29. The summed E-state index contributed by atoms with van der Waals surface area (Å²) in [5.74, 6) is -0.593. The van der Waals surface area contributed by atoms with E-state index in [0.29, 0.717) is 27.7 Å². The average molecular weight is 701 g/mol. The Morgan fingerprint density at radius 2 is 0.961 bits per heavy atom. The van der Waals surface area contributed by atoms with Crippen LogP contribution >= 0.6 is 0 Å². The SMILES string of the molecule is O=S(=O)(Oc1ccc(N(c2ccccc2)c2ccccc2)c2c1oc1c(N(c3ccccc3)c3ccccc3)cc3ccccc3c12)C(F)(F)F. The molecule has 252 valence electrons. The lowest BCUT2D eigenvalue weighted by molar-refractivity contribution is -0.0499. The number of para-hydroxylation sites is 4. The number of fused-ring (bicyclic) bond motifs is 5. The first-order valence-electron chi connectivity index (χ1n) is 15.9. The molecule has 0 spiro atoms. The lowest BCUT2D eigenvalue weighted by Crippen LogP contribution is -2.28. The zero-order chi connectivity index (χ0) is 35.2. The van der Waals surface area contributed by atoms with Crippen molar-refractivity contribution >= 4 is 77.0 Å². The number of hydrogen-bond acceptors (Lipinski definition) is 6.